The Balaban J connectivity index is 1.77. The van der Waals surface area contributed by atoms with Crippen molar-refractivity contribution in [1.29, 1.82) is 0 Å². The molecule has 0 spiro atoms. The lowest BCUT2D eigenvalue weighted by molar-refractivity contribution is 0.668. The summed E-state index contributed by atoms with van der Waals surface area (Å²) in [4.78, 5) is 9.70. The molecule has 0 saturated carbocycles. The van der Waals surface area contributed by atoms with E-state index in [4.69, 9.17) is 9.40 Å². The van der Waals surface area contributed by atoms with Crippen molar-refractivity contribution in [1.82, 2.24) is 14.5 Å². The summed E-state index contributed by atoms with van der Waals surface area (Å²) in [6, 6.07) is 23.4. The number of imidazole rings is 1. The molecule has 0 N–H and O–H groups in total. The Morgan fingerprint density at radius 2 is 1.51 bits per heavy atom. The second-order valence-electron chi connectivity index (χ2n) is 9.91. The van der Waals surface area contributed by atoms with Crippen LogP contribution in [-0.4, -0.2) is 14.5 Å². The van der Waals surface area contributed by atoms with Gasteiger partial charge in [0.2, 0.25) is 0 Å². The molecule has 6 aromatic rings. The van der Waals surface area contributed by atoms with Crippen LogP contribution >= 0.6 is 0 Å². The maximum Gasteiger partial charge on any atom is 0.149 e. The van der Waals surface area contributed by atoms with E-state index in [1.165, 1.54) is 16.8 Å². The molecule has 0 aliphatic heterocycles. The van der Waals surface area contributed by atoms with Gasteiger partial charge < -0.3 is 4.42 Å². The third-order valence-electron chi connectivity index (χ3n) is 6.97. The highest BCUT2D eigenvalue weighted by molar-refractivity contribution is 6.10. The summed E-state index contributed by atoms with van der Waals surface area (Å²) in [5.41, 5.74) is 9.60. The number of para-hydroxylation sites is 4. The summed E-state index contributed by atoms with van der Waals surface area (Å²) < 4.78 is 8.82. The third-order valence-corrected chi connectivity index (χ3v) is 6.97. The number of nitrogens with zero attached hydrogens (tertiary/aromatic N) is 3. The largest absolute Gasteiger partial charge is 0.455 e. The number of pyridine rings is 1. The minimum absolute atomic E-state index is 0.369. The van der Waals surface area contributed by atoms with Crippen LogP contribution in [0.5, 0.6) is 0 Å². The Kier molecular flexibility index (Phi) is 4.99. The molecule has 0 saturated heterocycles. The Labute approximate surface area is 205 Å². The number of benzene rings is 3. The summed E-state index contributed by atoms with van der Waals surface area (Å²) in [6.45, 7) is 11.1. The molecule has 0 radical (unpaired) electrons. The molecule has 6 rings (SSSR count). The van der Waals surface area contributed by atoms with Crippen LogP contribution in [0.2, 0.25) is 0 Å². The second kappa shape index (κ2) is 8.09. The fourth-order valence-corrected chi connectivity index (χ4v) is 5.29. The Morgan fingerprint density at radius 1 is 0.800 bits per heavy atom. The maximum atomic E-state index is 6.47. The first-order valence-electron chi connectivity index (χ1n) is 12.3. The van der Waals surface area contributed by atoms with Crippen LogP contribution < -0.4 is 0 Å². The first-order valence-corrected chi connectivity index (χ1v) is 12.3. The van der Waals surface area contributed by atoms with Crippen molar-refractivity contribution in [2.45, 2.75) is 46.5 Å². The molecule has 4 nitrogen and oxygen atoms in total. The molecule has 0 atom stereocenters. The number of rotatable bonds is 4. The van der Waals surface area contributed by atoms with Crippen LogP contribution in [0.15, 0.2) is 77.3 Å². The van der Waals surface area contributed by atoms with Crippen LogP contribution in [-0.2, 0) is 0 Å². The van der Waals surface area contributed by atoms with Crippen molar-refractivity contribution in [3.05, 3.63) is 89.7 Å². The van der Waals surface area contributed by atoms with Crippen LogP contribution in [0.25, 0.3) is 50.0 Å². The molecule has 0 amide bonds. The molecular formula is C31H29N3O. The average molecular weight is 460 g/mol. The first kappa shape index (κ1) is 21.6. The molecular weight excluding hydrogens is 430 g/mol. The van der Waals surface area contributed by atoms with Gasteiger partial charge in [0.25, 0.3) is 0 Å². The monoisotopic (exact) mass is 459 g/mol. The molecule has 0 bridgehead atoms. The van der Waals surface area contributed by atoms with E-state index in [0.29, 0.717) is 11.8 Å². The van der Waals surface area contributed by atoms with Gasteiger partial charge in [0.05, 0.1) is 22.3 Å². The van der Waals surface area contributed by atoms with Gasteiger partial charge in [-0.2, -0.15) is 0 Å². The van der Waals surface area contributed by atoms with E-state index in [1.54, 1.807) is 0 Å². The molecule has 0 aliphatic carbocycles. The molecule has 174 valence electrons. The van der Waals surface area contributed by atoms with Crippen molar-refractivity contribution >= 4 is 33.0 Å². The number of aryl methyl sites for hydroxylation is 1. The van der Waals surface area contributed by atoms with Crippen molar-refractivity contribution < 1.29 is 4.42 Å². The van der Waals surface area contributed by atoms with Gasteiger partial charge in [-0.1, -0.05) is 70.2 Å². The molecule has 4 heteroatoms. The van der Waals surface area contributed by atoms with Gasteiger partial charge in [0, 0.05) is 22.7 Å². The number of hydrogen-bond acceptors (Lipinski definition) is 3. The third kappa shape index (κ3) is 3.28. The van der Waals surface area contributed by atoms with Gasteiger partial charge in [0.1, 0.15) is 17.0 Å². The number of aromatic nitrogens is 3. The lowest BCUT2D eigenvalue weighted by Crippen LogP contribution is -2.08. The van der Waals surface area contributed by atoms with E-state index in [9.17, 15) is 0 Å². The van der Waals surface area contributed by atoms with Gasteiger partial charge in [-0.25, -0.2) is 4.98 Å². The van der Waals surface area contributed by atoms with Gasteiger partial charge in [0.15, 0.2) is 0 Å². The van der Waals surface area contributed by atoms with E-state index in [0.717, 1.165) is 50.1 Å². The summed E-state index contributed by atoms with van der Waals surface area (Å²) in [7, 11) is 0. The lowest BCUT2D eigenvalue weighted by Gasteiger charge is -2.22. The van der Waals surface area contributed by atoms with Gasteiger partial charge in [-0.3, -0.25) is 9.55 Å². The predicted octanol–water partition coefficient (Wildman–Crippen LogP) is 8.54. The highest BCUT2D eigenvalue weighted by Gasteiger charge is 2.24. The normalized spacial score (nSPS) is 12.1. The SMILES string of the molecule is Cc1nccc2oc3c(-c4nc5ccccc5n4-c4c(C(C)C)cccc4C(C)C)cccc3c12. The molecule has 35 heavy (non-hydrogen) atoms. The van der Waals surface area contributed by atoms with Crippen molar-refractivity contribution in [2.24, 2.45) is 0 Å². The first-order chi connectivity index (χ1) is 17.0. The van der Waals surface area contributed by atoms with Gasteiger partial charge in [-0.15, -0.1) is 0 Å². The second-order valence-corrected chi connectivity index (χ2v) is 9.91. The van der Waals surface area contributed by atoms with Crippen molar-refractivity contribution in [3.8, 4) is 17.1 Å². The predicted molar refractivity (Wildman–Crippen MR) is 144 cm³/mol. The highest BCUT2D eigenvalue weighted by Crippen LogP contribution is 2.41. The smallest absolute Gasteiger partial charge is 0.149 e. The van der Waals surface area contributed by atoms with Crippen LogP contribution in [0, 0.1) is 6.92 Å². The van der Waals surface area contributed by atoms with E-state index >= 15 is 0 Å². The fraction of sp³-hybridized carbons (Fsp3) is 0.226. The van der Waals surface area contributed by atoms with E-state index in [1.807, 2.05) is 19.2 Å². The van der Waals surface area contributed by atoms with Crippen molar-refractivity contribution in [3.63, 3.8) is 0 Å². The van der Waals surface area contributed by atoms with E-state index < -0.39 is 0 Å². The van der Waals surface area contributed by atoms with E-state index in [2.05, 4.69) is 97.9 Å². The van der Waals surface area contributed by atoms with Gasteiger partial charge in [-0.05, 0) is 54.2 Å². The Hall–Kier alpha value is -3.92. The number of hydrogen-bond donors (Lipinski definition) is 0. The van der Waals surface area contributed by atoms with E-state index in [-0.39, 0.29) is 0 Å². The zero-order valence-corrected chi connectivity index (χ0v) is 20.8. The van der Waals surface area contributed by atoms with Gasteiger partial charge >= 0.3 is 0 Å². The van der Waals surface area contributed by atoms with Crippen LogP contribution in [0.3, 0.4) is 0 Å². The summed E-state index contributed by atoms with van der Waals surface area (Å²) in [6.07, 6.45) is 1.81. The summed E-state index contributed by atoms with van der Waals surface area (Å²) in [5, 5.41) is 2.14. The van der Waals surface area contributed by atoms with Crippen LogP contribution in [0.1, 0.15) is 56.4 Å². The summed E-state index contributed by atoms with van der Waals surface area (Å²) in [5.74, 6) is 1.64. The molecule has 0 fully saturated rings. The minimum atomic E-state index is 0.369. The summed E-state index contributed by atoms with van der Waals surface area (Å²) >= 11 is 0. The topological polar surface area (TPSA) is 43.9 Å². The Bertz CT molecular complexity index is 1690. The zero-order valence-electron chi connectivity index (χ0n) is 20.8. The quantitative estimate of drug-likeness (QED) is 0.265. The molecule has 3 aromatic carbocycles. The molecule has 3 aromatic heterocycles. The number of furan rings is 1. The maximum absolute atomic E-state index is 6.47. The van der Waals surface area contributed by atoms with Crippen molar-refractivity contribution in [2.75, 3.05) is 0 Å². The lowest BCUT2D eigenvalue weighted by atomic mass is 9.92. The molecule has 3 heterocycles. The zero-order chi connectivity index (χ0) is 24.3. The fourth-order valence-electron chi connectivity index (χ4n) is 5.29. The minimum Gasteiger partial charge on any atom is -0.455 e. The highest BCUT2D eigenvalue weighted by atomic mass is 16.3. The molecule has 0 unspecified atom stereocenters. The Morgan fingerprint density at radius 3 is 2.26 bits per heavy atom. The van der Waals surface area contributed by atoms with Crippen LogP contribution in [0.4, 0.5) is 0 Å². The standard InChI is InChI=1S/C31H29N3O/c1-18(2)21-10-8-11-22(19(3)4)29(21)34-26-15-7-6-14-25(26)33-31(34)24-13-9-12-23-28-20(5)32-17-16-27(28)35-30(23)24/h6-19H,1-5H3. The average Bonchev–Trinajstić information content (AvgIpc) is 3.42. The number of fused-ring (bicyclic) bond motifs is 4. The molecule has 0 aliphatic rings.